The molecule has 6 heteroatoms. The molecule has 0 saturated carbocycles. The molecule has 1 aromatic heterocycles. The minimum absolute atomic E-state index is 0.0334. The predicted octanol–water partition coefficient (Wildman–Crippen LogP) is 0.773. The number of rotatable bonds is 3. The minimum atomic E-state index is -1.12. The Hall–Kier alpha value is -1.69. The zero-order valence-electron chi connectivity index (χ0n) is 8.81. The largest absolute Gasteiger partial charge is 0.477 e. The van der Waals surface area contributed by atoms with Crippen LogP contribution in [0.15, 0.2) is 0 Å². The monoisotopic (exact) mass is 211 g/mol. The van der Waals surface area contributed by atoms with Crippen LogP contribution in [-0.4, -0.2) is 28.2 Å². The van der Waals surface area contributed by atoms with E-state index < -0.39 is 5.97 Å². The fraction of sp³-hybridized carbons (Fsp3) is 0.444. The Bertz CT molecular complexity index is 369. The number of nitrogen functional groups attached to an aromatic ring is 1. The molecule has 1 unspecified atom stereocenters. The van der Waals surface area contributed by atoms with Gasteiger partial charge in [0.15, 0.2) is 5.82 Å². The number of aromatic nitrogens is 2. The van der Waals surface area contributed by atoms with E-state index in [0.717, 1.165) is 0 Å². The zero-order chi connectivity index (χ0) is 11.6. The van der Waals surface area contributed by atoms with Gasteiger partial charge in [-0.25, -0.2) is 14.8 Å². The van der Waals surface area contributed by atoms with Crippen molar-refractivity contribution in [1.29, 1.82) is 0 Å². The molecule has 0 amide bonds. The van der Waals surface area contributed by atoms with Crippen molar-refractivity contribution in [2.45, 2.75) is 20.0 Å². The molecule has 15 heavy (non-hydrogen) atoms. The molecule has 1 rings (SSSR count). The molecule has 0 bridgehead atoms. The molecule has 82 valence electrons. The molecular weight excluding hydrogens is 198 g/mol. The van der Waals surface area contributed by atoms with Gasteiger partial charge in [0.2, 0.25) is 0 Å². The van der Waals surface area contributed by atoms with Crippen molar-refractivity contribution < 1.29 is 14.6 Å². The van der Waals surface area contributed by atoms with Gasteiger partial charge in [-0.15, -0.1) is 0 Å². The van der Waals surface area contributed by atoms with Crippen LogP contribution in [0.25, 0.3) is 0 Å². The Kier molecular flexibility index (Phi) is 3.21. The van der Waals surface area contributed by atoms with Crippen molar-refractivity contribution >= 4 is 11.8 Å². The molecule has 0 fully saturated rings. The lowest BCUT2D eigenvalue weighted by molar-refractivity contribution is 0.0695. The smallest absolute Gasteiger partial charge is 0.341 e. The van der Waals surface area contributed by atoms with E-state index in [1.54, 1.807) is 13.8 Å². The van der Waals surface area contributed by atoms with Crippen molar-refractivity contribution in [3.8, 4) is 0 Å². The number of nitrogens with two attached hydrogens (primary N) is 1. The third kappa shape index (κ3) is 2.21. The van der Waals surface area contributed by atoms with E-state index in [-0.39, 0.29) is 17.5 Å². The summed E-state index contributed by atoms with van der Waals surface area (Å²) in [5, 5.41) is 8.84. The topological polar surface area (TPSA) is 98.3 Å². The van der Waals surface area contributed by atoms with Crippen LogP contribution in [-0.2, 0) is 4.74 Å². The van der Waals surface area contributed by atoms with E-state index in [1.165, 1.54) is 7.11 Å². The number of aromatic carboxylic acids is 1. The van der Waals surface area contributed by atoms with Crippen LogP contribution in [0.2, 0.25) is 0 Å². The minimum Gasteiger partial charge on any atom is -0.477 e. The fourth-order valence-electron chi connectivity index (χ4n) is 1.17. The summed E-state index contributed by atoms with van der Waals surface area (Å²) in [5.41, 5.74) is 5.82. The van der Waals surface area contributed by atoms with E-state index >= 15 is 0 Å². The Morgan fingerprint density at radius 1 is 1.53 bits per heavy atom. The van der Waals surface area contributed by atoms with Crippen molar-refractivity contribution in [3.63, 3.8) is 0 Å². The van der Waals surface area contributed by atoms with Gasteiger partial charge in [-0.1, -0.05) is 0 Å². The summed E-state index contributed by atoms with van der Waals surface area (Å²) in [6.07, 6.45) is -0.311. The lowest BCUT2D eigenvalue weighted by Gasteiger charge is -2.11. The normalized spacial score (nSPS) is 12.5. The summed E-state index contributed by atoms with van der Waals surface area (Å²) in [6, 6.07) is 0. The highest BCUT2D eigenvalue weighted by molar-refractivity contribution is 5.93. The summed E-state index contributed by atoms with van der Waals surface area (Å²) in [7, 11) is 1.52. The number of hydrogen-bond acceptors (Lipinski definition) is 5. The van der Waals surface area contributed by atoms with E-state index in [1.807, 2.05) is 0 Å². The summed E-state index contributed by atoms with van der Waals surface area (Å²) >= 11 is 0. The number of carboxylic acids is 1. The lowest BCUT2D eigenvalue weighted by atomic mass is 10.2. The maximum atomic E-state index is 10.8. The van der Waals surface area contributed by atoms with Crippen LogP contribution < -0.4 is 5.73 Å². The summed E-state index contributed by atoms with van der Waals surface area (Å²) < 4.78 is 5.02. The fourth-order valence-corrected chi connectivity index (χ4v) is 1.17. The number of nitrogens with zero attached hydrogens (tertiary/aromatic N) is 2. The SMILES string of the molecule is COC(C)c1nc(C)c(C(=O)O)c(N)n1. The zero-order valence-corrected chi connectivity index (χ0v) is 8.81. The first kappa shape index (κ1) is 11.4. The molecule has 0 aliphatic rings. The van der Waals surface area contributed by atoms with Gasteiger partial charge in [0.1, 0.15) is 17.5 Å². The quantitative estimate of drug-likeness (QED) is 0.766. The van der Waals surface area contributed by atoms with E-state index in [2.05, 4.69) is 9.97 Å². The summed E-state index contributed by atoms with van der Waals surface area (Å²) in [6.45, 7) is 3.34. The molecule has 0 aliphatic heterocycles. The van der Waals surface area contributed by atoms with Crippen molar-refractivity contribution in [1.82, 2.24) is 9.97 Å². The Balaban J connectivity index is 3.25. The third-order valence-electron chi connectivity index (χ3n) is 2.07. The first-order valence-electron chi connectivity index (χ1n) is 4.37. The molecule has 1 aromatic rings. The van der Waals surface area contributed by atoms with Crippen LogP contribution in [0, 0.1) is 6.92 Å². The van der Waals surface area contributed by atoms with Gasteiger partial charge in [0, 0.05) is 7.11 Å². The maximum Gasteiger partial charge on any atom is 0.341 e. The van der Waals surface area contributed by atoms with Crippen LogP contribution in [0.5, 0.6) is 0 Å². The third-order valence-corrected chi connectivity index (χ3v) is 2.07. The second-order valence-electron chi connectivity index (χ2n) is 3.11. The number of ether oxygens (including phenoxy) is 1. The molecule has 0 aliphatic carbocycles. The van der Waals surface area contributed by atoms with Gasteiger partial charge in [0.05, 0.1) is 5.69 Å². The number of hydrogen-bond donors (Lipinski definition) is 2. The van der Waals surface area contributed by atoms with Crippen molar-refractivity contribution in [2.75, 3.05) is 12.8 Å². The Morgan fingerprint density at radius 2 is 2.13 bits per heavy atom. The van der Waals surface area contributed by atoms with Gasteiger partial charge in [-0.05, 0) is 13.8 Å². The van der Waals surface area contributed by atoms with Gasteiger partial charge in [-0.3, -0.25) is 0 Å². The van der Waals surface area contributed by atoms with E-state index in [9.17, 15) is 4.79 Å². The van der Waals surface area contributed by atoms with Gasteiger partial charge < -0.3 is 15.6 Å². The van der Waals surface area contributed by atoms with E-state index in [0.29, 0.717) is 11.5 Å². The Morgan fingerprint density at radius 3 is 2.53 bits per heavy atom. The average Bonchev–Trinajstić information content (AvgIpc) is 2.14. The highest BCUT2D eigenvalue weighted by Gasteiger charge is 2.17. The molecule has 0 aromatic carbocycles. The van der Waals surface area contributed by atoms with Gasteiger partial charge in [0.25, 0.3) is 0 Å². The Labute approximate surface area is 87.1 Å². The van der Waals surface area contributed by atoms with E-state index in [4.69, 9.17) is 15.6 Å². The summed E-state index contributed by atoms with van der Waals surface area (Å²) in [4.78, 5) is 18.7. The van der Waals surface area contributed by atoms with Crippen LogP contribution >= 0.6 is 0 Å². The van der Waals surface area contributed by atoms with Gasteiger partial charge in [-0.2, -0.15) is 0 Å². The van der Waals surface area contributed by atoms with Crippen LogP contribution in [0.3, 0.4) is 0 Å². The predicted molar refractivity (Wildman–Crippen MR) is 53.6 cm³/mol. The number of anilines is 1. The number of carboxylic acid groups (broad SMARTS) is 1. The standard InChI is InChI=1S/C9H13N3O3/c1-4-6(9(13)14)7(10)12-8(11-4)5(2)15-3/h5H,1-3H3,(H,13,14)(H2,10,11,12). The second-order valence-corrected chi connectivity index (χ2v) is 3.11. The first-order valence-corrected chi connectivity index (χ1v) is 4.37. The molecule has 3 N–H and O–H groups in total. The average molecular weight is 211 g/mol. The molecule has 0 saturated heterocycles. The van der Waals surface area contributed by atoms with Crippen molar-refractivity contribution in [2.24, 2.45) is 0 Å². The second kappa shape index (κ2) is 4.22. The van der Waals surface area contributed by atoms with Crippen molar-refractivity contribution in [3.05, 3.63) is 17.1 Å². The number of aryl methyl sites for hydroxylation is 1. The lowest BCUT2D eigenvalue weighted by Crippen LogP contribution is -2.13. The highest BCUT2D eigenvalue weighted by atomic mass is 16.5. The number of methoxy groups -OCH3 is 1. The van der Waals surface area contributed by atoms with Crippen LogP contribution in [0.1, 0.15) is 34.9 Å². The molecule has 1 atom stereocenters. The molecule has 1 heterocycles. The summed E-state index contributed by atoms with van der Waals surface area (Å²) in [5.74, 6) is -0.770. The first-order chi connectivity index (χ1) is 6.97. The maximum absolute atomic E-state index is 10.8. The molecular formula is C9H13N3O3. The highest BCUT2D eigenvalue weighted by Crippen LogP contribution is 2.17. The molecule has 0 spiro atoms. The molecule has 6 nitrogen and oxygen atoms in total. The molecule has 0 radical (unpaired) electrons. The van der Waals surface area contributed by atoms with Gasteiger partial charge >= 0.3 is 5.97 Å². The van der Waals surface area contributed by atoms with Crippen LogP contribution in [0.4, 0.5) is 5.82 Å². The number of carbonyl (C=O) groups is 1.